The molecular weight excluding hydrogens is 320 g/mol. The first-order chi connectivity index (χ1) is 11.4. The molecule has 0 aliphatic carbocycles. The number of ether oxygens (including phenoxy) is 1. The molecule has 2 aromatic rings. The van der Waals surface area contributed by atoms with E-state index < -0.39 is 16.6 Å². The molecule has 2 rings (SSSR count). The minimum Gasteiger partial charge on any atom is -0.368 e. The van der Waals surface area contributed by atoms with E-state index in [1.54, 1.807) is 0 Å². The van der Waals surface area contributed by atoms with Gasteiger partial charge >= 0.3 is 0 Å². The summed E-state index contributed by atoms with van der Waals surface area (Å²) in [4.78, 5) is 2.15. The van der Waals surface area contributed by atoms with E-state index in [4.69, 9.17) is 8.92 Å². The van der Waals surface area contributed by atoms with Crippen LogP contribution in [0, 0.1) is 12.1 Å². The fourth-order valence-electron chi connectivity index (χ4n) is 2.63. The molecule has 0 heterocycles. The van der Waals surface area contributed by atoms with E-state index in [2.05, 4.69) is 51.1 Å². The molecule has 0 aliphatic heterocycles. The highest BCUT2D eigenvalue weighted by Crippen LogP contribution is 2.70. The lowest BCUT2D eigenvalue weighted by atomic mass is 10.3. The van der Waals surface area contributed by atoms with Crippen LogP contribution in [-0.4, -0.2) is 29.9 Å². The summed E-state index contributed by atoms with van der Waals surface area (Å²) in [5, 5.41) is 9.69. The molecule has 24 heavy (non-hydrogen) atoms. The van der Waals surface area contributed by atoms with Crippen LogP contribution in [0.25, 0.3) is 0 Å². The molecule has 0 spiro atoms. The molecule has 0 amide bonds. The Morgan fingerprint density at radius 2 is 1.83 bits per heavy atom. The van der Waals surface area contributed by atoms with Crippen LogP contribution in [0.2, 0.25) is 0 Å². The molecule has 0 aromatic heterocycles. The maximum absolute atomic E-state index is 9.69. The Bertz CT molecular complexity index is 568. The number of benzene rings is 1. The number of aliphatic hydroxyl groups is 1. The summed E-state index contributed by atoms with van der Waals surface area (Å²) < 4.78 is 11.3. The summed E-state index contributed by atoms with van der Waals surface area (Å²) in [5.41, 5.74) is 0. The van der Waals surface area contributed by atoms with Gasteiger partial charge in [0.05, 0.1) is 11.5 Å². The van der Waals surface area contributed by atoms with Gasteiger partial charge in [-0.25, -0.2) is 0 Å². The van der Waals surface area contributed by atoms with E-state index in [0.717, 1.165) is 9.79 Å². The van der Waals surface area contributed by atoms with E-state index in [-0.39, 0.29) is 4.75 Å². The highest BCUT2D eigenvalue weighted by atomic mass is 32.3. The molecule has 130 valence electrons. The van der Waals surface area contributed by atoms with Crippen LogP contribution in [0.15, 0.2) is 58.3 Å². The van der Waals surface area contributed by atoms with Crippen molar-refractivity contribution in [2.24, 2.45) is 0 Å². The van der Waals surface area contributed by atoms with E-state index >= 15 is 0 Å². The quantitative estimate of drug-likeness (QED) is 0.745. The van der Waals surface area contributed by atoms with Crippen LogP contribution in [0.4, 0.5) is 0 Å². The van der Waals surface area contributed by atoms with Crippen molar-refractivity contribution in [2.75, 3.05) is 13.7 Å². The third-order valence-electron chi connectivity index (χ3n) is 3.77. The molecule has 1 N–H and O–H groups in total. The average molecular weight is 346 g/mol. The molecule has 0 saturated heterocycles. The highest BCUT2D eigenvalue weighted by molar-refractivity contribution is 8.31. The Kier molecular flexibility index (Phi) is 6.31. The van der Waals surface area contributed by atoms with Crippen molar-refractivity contribution in [3.8, 4) is 0 Å². The Balaban J connectivity index is 2.49. The van der Waals surface area contributed by atoms with Crippen LogP contribution in [-0.2, 0) is 8.92 Å². The molecule has 4 heteroatoms. The van der Waals surface area contributed by atoms with Gasteiger partial charge in [0.15, 0.2) is 6.29 Å². The van der Waals surface area contributed by atoms with Gasteiger partial charge in [-0.2, -0.15) is 0 Å². The lowest BCUT2D eigenvalue weighted by Gasteiger charge is -2.49. The molecule has 0 saturated carbocycles. The molecule has 0 radical (unpaired) electrons. The zero-order valence-electron chi connectivity index (χ0n) is 14.8. The van der Waals surface area contributed by atoms with Gasteiger partial charge < -0.3 is 14.0 Å². The average Bonchev–Trinajstić information content (AvgIpc) is 2.59. The van der Waals surface area contributed by atoms with Crippen molar-refractivity contribution in [3.63, 3.8) is 0 Å². The van der Waals surface area contributed by atoms with Crippen LogP contribution >= 0.6 is 10.3 Å². The largest absolute Gasteiger partial charge is 0.368 e. The maximum Gasteiger partial charge on any atom is 0.156 e. The van der Waals surface area contributed by atoms with E-state index in [1.807, 2.05) is 30.3 Å². The summed E-state index contributed by atoms with van der Waals surface area (Å²) in [6.45, 7) is 6.95. The molecule has 0 bridgehead atoms. The normalized spacial score (nSPS) is 14.0. The second-order valence-corrected chi connectivity index (χ2v) is 9.93. The van der Waals surface area contributed by atoms with Crippen molar-refractivity contribution in [1.29, 1.82) is 0 Å². The summed E-state index contributed by atoms with van der Waals surface area (Å²) >= 11 is 0. The van der Waals surface area contributed by atoms with Crippen LogP contribution in [0.5, 0.6) is 0 Å². The molecule has 3 nitrogen and oxygen atoms in total. The predicted octanol–water partition coefficient (Wildman–Crippen LogP) is 4.59. The lowest BCUT2D eigenvalue weighted by molar-refractivity contribution is -0.0830. The van der Waals surface area contributed by atoms with Crippen molar-refractivity contribution in [3.05, 3.63) is 60.7 Å². The first kappa shape index (κ1) is 18.8. The SMILES string of the molecule is COC(O)CCOS(c1c#cccc1)(c1ccccc1)C(C)(C)C. The number of aliphatic hydroxyl groups excluding tert-OH is 1. The third kappa shape index (κ3) is 3.93. The van der Waals surface area contributed by atoms with E-state index in [1.165, 1.54) is 7.11 Å². The topological polar surface area (TPSA) is 38.7 Å². The summed E-state index contributed by atoms with van der Waals surface area (Å²) in [6.07, 6.45) is -0.394. The second kappa shape index (κ2) is 8.04. The van der Waals surface area contributed by atoms with Gasteiger partial charge in [-0.05, 0) is 45.0 Å². The van der Waals surface area contributed by atoms with Crippen LogP contribution in [0.3, 0.4) is 0 Å². The van der Waals surface area contributed by atoms with Crippen molar-refractivity contribution in [1.82, 2.24) is 0 Å². The van der Waals surface area contributed by atoms with Crippen molar-refractivity contribution < 1.29 is 14.0 Å². The highest BCUT2D eigenvalue weighted by Gasteiger charge is 2.41. The first-order valence-electron chi connectivity index (χ1n) is 8.03. The second-order valence-electron chi connectivity index (χ2n) is 6.44. The molecule has 2 unspecified atom stereocenters. The van der Waals surface area contributed by atoms with Gasteiger partial charge in [0.2, 0.25) is 0 Å². The molecule has 2 aromatic carbocycles. The monoisotopic (exact) mass is 346 g/mol. The fourth-order valence-corrected chi connectivity index (χ4v) is 6.23. The minimum absolute atomic E-state index is 0.155. The molecular formula is C20H26O3S. The van der Waals surface area contributed by atoms with Crippen LogP contribution in [0.1, 0.15) is 27.2 Å². The number of hydrogen-bond acceptors (Lipinski definition) is 3. The van der Waals surface area contributed by atoms with Gasteiger partial charge in [0.1, 0.15) is 0 Å². The predicted molar refractivity (Wildman–Crippen MR) is 98.0 cm³/mol. The lowest BCUT2D eigenvalue weighted by Crippen LogP contribution is -2.28. The minimum atomic E-state index is -1.83. The van der Waals surface area contributed by atoms with Gasteiger partial charge in [0.25, 0.3) is 0 Å². The fraction of sp³-hybridized carbons (Fsp3) is 0.400. The van der Waals surface area contributed by atoms with Gasteiger partial charge in [-0.1, -0.05) is 46.7 Å². The Morgan fingerprint density at radius 1 is 1.12 bits per heavy atom. The maximum atomic E-state index is 9.69. The number of rotatable bonds is 7. The summed E-state index contributed by atoms with van der Waals surface area (Å²) in [7, 11) is -0.336. The number of hydrogen-bond donors (Lipinski definition) is 1. The molecule has 0 aliphatic rings. The Morgan fingerprint density at radius 3 is 2.38 bits per heavy atom. The van der Waals surface area contributed by atoms with Gasteiger partial charge in [-0.15, -0.1) is 0 Å². The zero-order chi connectivity index (χ0) is 17.6. The van der Waals surface area contributed by atoms with E-state index in [0.29, 0.717) is 13.0 Å². The van der Waals surface area contributed by atoms with Gasteiger partial charge in [0, 0.05) is 23.2 Å². The number of methoxy groups -OCH3 is 1. The zero-order valence-corrected chi connectivity index (χ0v) is 15.6. The van der Waals surface area contributed by atoms with Crippen molar-refractivity contribution in [2.45, 2.75) is 48.0 Å². The van der Waals surface area contributed by atoms with Gasteiger partial charge in [-0.3, -0.25) is 0 Å². The first-order valence-corrected chi connectivity index (χ1v) is 9.59. The molecule has 2 atom stereocenters. The Hall–Kier alpha value is -1.51. The van der Waals surface area contributed by atoms with Crippen LogP contribution < -0.4 is 0 Å². The smallest absolute Gasteiger partial charge is 0.156 e. The molecule has 0 fully saturated rings. The summed E-state index contributed by atoms with van der Waals surface area (Å²) in [5.74, 6) is 0. The summed E-state index contributed by atoms with van der Waals surface area (Å²) in [6, 6.07) is 22.5. The van der Waals surface area contributed by atoms with E-state index in [9.17, 15) is 5.11 Å². The third-order valence-corrected chi connectivity index (χ3v) is 7.81. The Labute approximate surface area is 147 Å². The standard InChI is InChI=1S/C20H26O3S/c1-20(2,3)24(17-11-7-5-8-12-17,18-13-9-6-10-14-18)23-16-15-19(21)22-4/h5-9,11-13,19,21H,15-16H2,1-4H3. The van der Waals surface area contributed by atoms with Crippen molar-refractivity contribution >= 4 is 10.3 Å².